The highest BCUT2D eigenvalue weighted by molar-refractivity contribution is 5.96. The average molecular weight is 277 g/mol. The van der Waals surface area contributed by atoms with Gasteiger partial charge in [0.25, 0.3) is 5.91 Å². The molecule has 1 aromatic rings. The van der Waals surface area contributed by atoms with Crippen LogP contribution in [-0.2, 0) is 4.79 Å². The Kier molecular flexibility index (Phi) is 6.56. The van der Waals surface area contributed by atoms with Gasteiger partial charge >= 0.3 is 0 Å². The Labute approximate surface area is 120 Å². The lowest BCUT2D eigenvalue weighted by Gasteiger charge is -2.10. The highest BCUT2D eigenvalue weighted by atomic mass is 16.2. The monoisotopic (exact) mass is 277 g/mol. The fraction of sp³-hybridized carbons (Fsp3) is 0.467. The van der Waals surface area contributed by atoms with Crippen LogP contribution in [0.4, 0.5) is 5.69 Å². The van der Waals surface area contributed by atoms with E-state index in [2.05, 4.69) is 16.0 Å². The van der Waals surface area contributed by atoms with Gasteiger partial charge in [-0.25, -0.2) is 0 Å². The van der Waals surface area contributed by atoms with Gasteiger partial charge in [0.2, 0.25) is 5.91 Å². The Bertz CT molecular complexity index is 472. The summed E-state index contributed by atoms with van der Waals surface area (Å²) in [5, 5.41) is 8.66. The van der Waals surface area contributed by atoms with Crippen molar-refractivity contribution in [3.8, 4) is 0 Å². The molecule has 2 amide bonds. The SMILES string of the molecule is CCNC(=O)CCNC(=O)c1ccc(NCC)cc1C. The summed E-state index contributed by atoms with van der Waals surface area (Å²) in [6.45, 7) is 7.59. The van der Waals surface area contributed by atoms with Gasteiger partial charge < -0.3 is 16.0 Å². The van der Waals surface area contributed by atoms with Gasteiger partial charge in [-0.1, -0.05) is 0 Å². The molecule has 0 heterocycles. The summed E-state index contributed by atoms with van der Waals surface area (Å²) < 4.78 is 0. The molecular weight excluding hydrogens is 254 g/mol. The van der Waals surface area contributed by atoms with Crippen molar-refractivity contribution in [2.75, 3.05) is 25.0 Å². The van der Waals surface area contributed by atoms with E-state index in [0.717, 1.165) is 17.8 Å². The largest absolute Gasteiger partial charge is 0.385 e. The van der Waals surface area contributed by atoms with Crippen molar-refractivity contribution in [1.82, 2.24) is 10.6 Å². The molecule has 0 aromatic heterocycles. The van der Waals surface area contributed by atoms with E-state index in [1.807, 2.05) is 32.9 Å². The quantitative estimate of drug-likeness (QED) is 0.710. The number of carbonyl (C=O) groups excluding carboxylic acids is 2. The number of nitrogens with one attached hydrogen (secondary N) is 3. The first-order valence-electron chi connectivity index (χ1n) is 6.97. The van der Waals surface area contributed by atoms with Crippen molar-refractivity contribution in [3.05, 3.63) is 29.3 Å². The van der Waals surface area contributed by atoms with Crippen molar-refractivity contribution < 1.29 is 9.59 Å². The number of hydrogen-bond acceptors (Lipinski definition) is 3. The molecule has 1 aromatic carbocycles. The first-order valence-corrected chi connectivity index (χ1v) is 6.97. The van der Waals surface area contributed by atoms with Gasteiger partial charge in [0.1, 0.15) is 0 Å². The molecule has 0 unspecified atom stereocenters. The zero-order valence-corrected chi connectivity index (χ0v) is 12.4. The lowest BCUT2D eigenvalue weighted by molar-refractivity contribution is -0.120. The van der Waals surface area contributed by atoms with Crippen LogP contribution in [0.3, 0.4) is 0 Å². The van der Waals surface area contributed by atoms with E-state index in [4.69, 9.17) is 0 Å². The van der Waals surface area contributed by atoms with Gasteiger partial charge in [-0.2, -0.15) is 0 Å². The van der Waals surface area contributed by atoms with E-state index in [1.54, 1.807) is 6.07 Å². The highest BCUT2D eigenvalue weighted by Crippen LogP contribution is 2.14. The minimum Gasteiger partial charge on any atom is -0.385 e. The number of amides is 2. The molecule has 5 nitrogen and oxygen atoms in total. The molecule has 3 N–H and O–H groups in total. The van der Waals surface area contributed by atoms with Crippen LogP contribution < -0.4 is 16.0 Å². The molecule has 0 atom stereocenters. The minimum absolute atomic E-state index is 0.0491. The number of rotatable bonds is 7. The summed E-state index contributed by atoms with van der Waals surface area (Å²) in [6.07, 6.45) is 0.300. The van der Waals surface area contributed by atoms with Crippen LogP contribution in [-0.4, -0.2) is 31.4 Å². The second-order valence-corrected chi connectivity index (χ2v) is 4.52. The maximum absolute atomic E-state index is 12.0. The van der Waals surface area contributed by atoms with Crippen LogP contribution in [0, 0.1) is 6.92 Å². The molecule has 0 radical (unpaired) electrons. The second-order valence-electron chi connectivity index (χ2n) is 4.52. The molecule has 0 aliphatic rings. The van der Waals surface area contributed by atoms with Gasteiger partial charge in [0.15, 0.2) is 0 Å². The topological polar surface area (TPSA) is 70.2 Å². The van der Waals surface area contributed by atoms with E-state index < -0.39 is 0 Å². The minimum atomic E-state index is -0.144. The Hall–Kier alpha value is -2.04. The number of carbonyl (C=O) groups is 2. The van der Waals surface area contributed by atoms with Gasteiger partial charge in [0.05, 0.1) is 0 Å². The smallest absolute Gasteiger partial charge is 0.251 e. The first kappa shape index (κ1) is 16.0. The predicted octanol–water partition coefficient (Wildman–Crippen LogP) is 1.68. The molecule has 110 valence electrons. The zero-order valence-electron chi connectivity index (χ0n) is 12.4. The first-order chi connectivity index (χ1) is 9.58. The molecular formula is C15H23N3O2. The fourth-order valence-electron chi connectivity index (χ4n) is 1.90. The summed E-state index contributed by atoms with van der Waals surface area (Å²) in [7, 11) is 0. The molecule has 0 bridgehead atoms. The maximum atomic E-state index is 12.0. The molecule has 1 rings (SSSR count). The summed E-state index contributed by atoms with van der Waals surface area (Å²) >= 11 is 0. The fourth-order valence-corrected chi connectivity index (χ4v) is 1.90. The highest BCUT2D eigenvalue weighted by Gasteiger charge is 2.09. The van der Waals surface area contributed by atoms with Gasteiger partial charge in [0, 0.05) is 37.3 Å². The molecule has 0 saturated carbocycles. The van der Waals surface area contributed by atoms with Crippen molar-refractivity contribution in [3.63, 3.8) is 0 Å². The lowest BCUT2D eigenvalue weighted by atomic mass is 10.1. The van der Waals surface area contributed by atoms with E-state index in [-0.39, 0.29) is 11.8 Å². The molecule has 5 heteroatoms. The lowest BCUT2D eigenvalue weighted by Crippen LogP contribution is -2.30. The van der Waals surface area contributed by atoms with Crippen molar-refractivity contribution >= 4 is 17.5 Å². The normalized spacial score (nSPS) is 9.95. The maximum Gasteiger partial charge on any atom is 0.251 e. The predicted molar refractivity (Wildman–Crippen MR) is 81.0 cm³/mol. The van der Waals surface area contributed by atoms with Crippen LogP contribution in [0.15, 0.2) is 18.2 Å². The third-order valence-corrected chi connectivity index (χ3v) is 2.86. The van der Waals surface area contributed by atoms with E-state index in [1.165, 1.54) is 0 Å². The third-order valence-electron chi connectivity index (χ3n) is 2.86. The Morgan fingerprint density at radius 1 is 1.10 bits per heavy atom. The number of benzene rings is 1. The Morgan fingerprint density at radius 3 is 2.45 bits per heavy atom. The molecule has 0 spiro atoms. The van der Waals surface area contributed by atoms with Crippen molar-refractivity contribution in [2.24, 2.45) is 0 Å². The summed E-state index contributed by atoms with van der Waals surface area (Å²) in [5.41, 5.74) is 2.56. The number of hydrogen-bond donors (Lipinski definition) is 3. The zero-order chi connectivity index (χ0) is 15.0. The van der Waals surface area contributed by atoms with Crippen LogP contribution in [0.2, 0.25) is 0 Å². The van der Waals surface area contributed by atoms with Crippen molar-refractivity contribution in [1.29, 1.82) is 0 Å². The second kappa shape index (κ2) is 8.19. The average Bonchev–Trinajstić information content (AvgIpc) is 2.39. The molecule has 0 aliphatic carbocycles. The summed E-state index contributed by atoms with van der Waals surface area (Å²) in [5.74, 6) is -0.193. The van der Waals surface area contributed by atoms with Crippen LogP contribution in [0.5, 0.6) is 0 Å². The van der Waals surface area contributed by atoms with E-state index in [9.17, 15) is 9.59 Å². The number of anilines is 1. The van der Waals surface area contributed by atoms with Crippen molar-refractivity contribution in [2.45, 2.75) is 27.2 Å². The molecule has 0 saturated heterocycles. The molecule has 0 fully saturated rings. The number of aryl methyl sites for hydroxylation is 1. The molecule has 20 heavy (non-hydrogen) atoms. The van der Waals surface area contributed by atoms with Gasteiger partial charge in [-0.3, -0.25) is 9.59 Å². The third kappa shape index (κ3) is 4.91. The summed E-state index contributed by atoms with van der Waals surface area (Å²) in [6, 6.07) is 5.63. The Morgan fingerprint density at radius 2 is 1.85 bits per heavy atom. The standard InChI is InChI=1S/C15H23N3O2/c1-4-16-12-6-7-13(11(3)10-12)15(20)18-9-8-14(19)17-5-2/h6-7,10,16H,4-5,8-9H2,1-3H3,(H,17,19)(H,18,20). The van der Waals surface area contributed by atoms with Gasteiger partial charge in [-0.05, 0) is 44.5 Å². The molecule has 0 aliphatic heterocycles. The van der Waals surface area contributed by atoms with Crippen LogP contribution >= 0.6 is 0 Å². The van der Waals surface area contributed by atoms with Crippen LogP contribution in [0.25, 0.3) is 0 Å². The summed E-state index contributed by atoms with van der Waals surface area (Å²) in [4.78, 5) is 23.3. The van der Waals surface area contributed by atoms with Crippen LogP contribution in [0.1, 0.15) is 36.2 Å². The van der Waals surface area contributed by atoms with E-state index in [0.29, 0.717) is 25.1 Å². The van der Waals surface area contributed by atoms with E-state index >= 15 is 0 Å². The Balaban J connectivity index is 2.53. The van der Waals surface area contributed by atoms with Gasteiger partial charge in [-0.15, -0.1) is 0 Å².